The maximum absolute atomic E-state index is 12.3. The van der Waals surface area contributed by atoms with Crippen LogP contribution in [0.3, 0.4) is 0 Å². The van der Waals surface area contributed by atoms with E-state index in [1.54, 1.807) is 23.1 Å². The van der Waals surface area contributed by atoms with Gasteiger partial charge in [-0.3, -0.25) is 9.59 Å². The fourth-order valence-electron chi connectivity index (χ4n) is 2.75. The number of likely N-dealkylation sites (tertiary alicyclic amines) is 1. The molecular formula is C16H17ClN2O4. The fourth-order valence-corrected chi connectivity index (χ4v) is 2.96. The number of benzene rings is 1. The van der Waals surface area contributed by atoms with Crippen molar-refractivity contribution in [3.8, 4) is 0 Å². The van der Waals surface area contributed by atoms with E-state index in [1.807, 2.05) is 0 Å². The smallest absolute Gasteiger partial charge is 0.252 e. The standard InChI is InChI=1S/C16H17ClN2O4/c17-13-4-3-12(11-5-7-23-15(11)13)16(22)18-8-10(20)9-19-6-1-2-14(19)21/h3-5,7,10,20H,1-2,6,8-9H2,(H,18,22). The Balaban J connectivity index is 1.61. The first-order valence-corrected chi connectivity index (χ1v) is 7.84. The number of amides is 2. The molecule has 0 bridgehead atoms. The molecule has 2 N–H and O–H groups in total. The van der Waals surface area contributed by atoms with Gasteiger partial charge in [0.05, 0.1) is 23.0 Å². The number of carbonyl (C=O) groups excluding carboxylic acids is 2. The summed E-state index contributed by atoms with van der Waals surface area (Å²) >= 11 is 6.01. The number of hydrogen-bond acceptors (Lipinski definition) is 4. The van der Waals surface area contributed by atoms with E-state index in [9.17, 15) is 14.7 Å². The van der Waals surface area contributed by atoms with Crippen molar-refractivity contribution in [2.75, 3.05) is 19.6 Å². The van der Waals surface area contributed by atoms with E-state index < -0.39 is 6.10 Å². The van der Waals surface area contributed by atoms with Crippen molar-refractivity contribution < 1.29 is 19.1 Å². The van der Waals surface area contributed by atoms with Crippen LogP contribution in [0, 0.1) is 0 Å². The molecule has 1 atom stereocenters. The average molecular weight is 337 g/mol. The van der Waals surface area contributed by atoms with Gasteiger partial charge in [0, 0.05) is 31.4 Å². The second-order valence-electron chi connectivity index (χ2n) is 5.57. The summed E-state index contributed by atoms with van der Waals surface area (Å²) in [6.07, 6.45) is 2.03. The zero-order valence-electron chi connectivity index (χ0n) is 12.4. The highest BCUT2D eigenvalue weighted by Crippen LogP contribution is 2.27. The van der Waals surface area contributed by atoms with E-state index in [2.05, 4.69) is 5.32 Å². The van der Waals surface area contributed by atoms with Crippen LogP contribution in [0.15, 0.2) is 28.9 Å². The van der Waals surface area contributed by atoms with Crippen molar-refractivity contribution in [3.05, 3.63) is 35.0 Å². The Kier molecular flexibility index (Phi) is 4.54. The quantitative estimate of drug-likeness (QED) is 0.872. The Labute approximate surface area is 138 Å². The molecule has 1 unspecified atom stereocenters. The van der Waals surface area contributed by atoms with Crippen molar-refractivity contribution in [1.29, 1.82) is 0 Å². The fraction of sp³-hybridized carbons (Fsp3) is 0.375. The van der Waals surface area contributed by atoms with E-state index in [0.717, 1.165) is 6.42 Å². The molecule has 1 fully saturated rings. The van der Waals surface area contributed by atoms with Gasteiger partial charge in [0.15, 0.2) is 5.58 Å². The Bertz CT molecular complexity index is 743. The molecule has 7 heteroatoms. The number of carbonyl (C=O) groups is 2. The zero-order valence-corrected chi connectivity index (χ0v) is 13.2. The van der Waals surface area contributed by atoms with Gasteiger partial charge in [0.1, 0.15) is 0 Å². The molecule has 1 saturated heterocycles. The minimum atomic E-state index is -0.798. The number of halogens is 1. The molecule has 122 valence electrons. The van der Waals surface area contributed by atoms with Gasteiger partial charge >= 0.3 is 0 Å². The lowest BCUT2D eigenvalue weighted by Gasteiger charge is -2.20. The van der Waals surface area contributed by atoms with Gasteiger partial charge in [0.2, 0.25) is 5.91 Å². The van der Waals surface area contributed by atoms with Crippen LogP contribution in [-0.4, -0.2) is 47.6 Å². The average Bonchev–Trinajstić information content (AvgIpc) is 3.16. The number of furan rings is 1. The number of hydrogen-bond donors (Lipinski definition) is 2. The second-order valence-corrected chi connectivity index (χ2v) is 5.97. The van der Waals surface area contributed by atoms with E-state index in [1.165, 1.54) is 6.26 Å². The molecule has 1 aliphatic heterocycles. The normalized spacial score (nSPS) is 16.1. The van der Waals surface area contributed by atoms with Gasteiger partial charge in [0.25, 0.3) is 5.91 Å². The third-order valence-electron chi connectivity index (χ3n) is 3.91. The first kappa shape index (κ1) is 15.8. The Morgan fingerprint density at radius 1 is 1.43 bits per heavy atom. The van der Waals surface area contributed by atoms with Gasteiger partial charge in [-0.05, 0) is 24.6 Å². The van der Waals surface area contributed by atoms with Crippen LogP contribution in [0.25, 0.3) is 11.0 Å². The molecule has 2 heterocycles. The van der Waals surface area contributed by atoms with Gasteiger partial charge in [-0.25, -0.2) is 0 Å². The maximum Gasteiger partial charge on any atom is 0.252 e. The van der Waals surface area contributed by atoms with E-state index >= 15 is 0 Å². The van der Waals surface area contributed by atoms with E-state index in [4.69, 9.17) is 16.0 Å². The second kappa shape index (κ2) is 6.60. The lowest BCUT2D eigenvalue weighted by Crippen LogP contribution is -2.40. The Morgan fingerprint density at radius 2 is 2.26 bits per heavy atom. The number of nitrogens with zero attached hydrogens (tertiary/aromatic N) is 1. The Morgan fingerprint density at radius 3 is 3.00 bits per heavy atom. The Hall–Kier alpha value is -2.05. The summed E-state index contributed by atoms with van der Waals surface area (Å²) in [7, 11) is 0. The number of aliphatic hydroxyl groups excluding tert-OH is 1. The molecule has 0 saturated carbocycles. The lowest BCUT2D eigenvalue weighted by molar-refractivity contribution is -0.128. The molecule has 23 heavy (non-hydrogen) atoms. The maximum atomic E-state index is 12.3. The summed E-state index contributed by atoms with van der Waals surface area (Å²) in [5.41, 5.74) is 0.894. The van der Waals surface area contributed by atoms with Crippen molar-refractivity contribution in [1.82, 2.24) is 10.2 Å². The van der Waals surface area contributed by atoms with Gasteiger partial charge < -0.3 is 19.7 Å². The monoisotopic (exact) mass is 336 g/mol. The molecule has 1 aromatic carbocycles. The molecule has 0 spiro atoms. The molecule has 1 aromatic heterocycles. The molecule has 2 amide bonds. The summed E-state index contributed by atoms with van der Waals surface area (Å²) in [4.78, 5) is 25.4. The first-order valence-electron chi connectivity index (χ1n) is 7.46. The number of rotatable bonds is 5. The number of fused-ring (bicyclic) bond motifs is 1. The van der Waals surface area contributed by atoms with Crippen molar-refractivity contribution in [2.45, 2.75) is 18.9 Å². The predicted molar refractivity (Wildman–Crippen MR) is 85.4 cm³/mol. The highest BCUT2D eigenvalue weighted by molar-refractivity contribution is 6.35. The molecule has 0 radical (unpaired) electrons. The summed E-state index contributed by atoms with van der Waals surface area (Å²) in [6.45, 7) is 0.974. The molecule has 2 aromatic rings. The van der Waals surface area contributed by atoms with Crippen LogP contribution in [0.5, 0.6) is 0 Å². The van der Waals surface area contributed by atoms with Crippen LogP contribution >= 0.6 is 11.6 Å². The summed E-state index contributed by atoms with van der Waals surface area (Å²) in [5, 5.41) is 13.7. The molecule has 3 rings (SSSR count). The predicted octanol–water partition coefficient (Wildman–Crippen LogP) is 1.80. The zero-order chi connectivity index (χ0) is 16.4. The summed E-state index contributed by atoms with van der Waals surface area (Å²) in [5.74, 6) is -0.270. The van der Waals surface area contributed by atoms with Gasteiger partial charge in [-0.2, -0.15) is 0 Å². The van der Waals surface area contributed by atoms with Gasteiger partial charge in [-0.1, -0.05) is 11.6 Å². The van der Waals surface area contributed by atoms with E-state index in [-0.39, 0.29) is 24.9 Å². The molecule has 6 nitrogen and oxygen atoms in total. The third-order valence-corrected chi connectivity index (χ3v) is 4.21. The topological polar surface area (TPSA) is 82.8 Å². The minimum absolute atomic E-state index is 0.0492. The van der Waals surface area contributed by atoms with Crippen LogP contribution in [0.4, 0.5) is 0 Å². The number of aliphatic hydroxyl groups is 1. The lowest BCUT2D eigenvalue weighted by atomic mass is 10.1. The SMILES string of the molecule is O=C(NCC(O)CN1CCCC1=O)c1ccc(Cl)c2occc12. The van der Waals surface area contributed by atoms with Crippen LogP contribution in [-0.2, 0) is 4.79 Å². The van der Waals surface area contributed by atoms with Crippen molar-refractivity contribution >= 4 is 34.4 Å². The number of β-amino-alcohol motifs (C(OH)–C–C–N with tert-alkyl or cyclic N) is 1. The molecule has 0 aliphatic carbocycles. The first-order chi connectivity index (χ1) is 11.1. The highest BCUT2D eigenvalue weighted by Gasteiger charge is 2.23. The van der Waals surface area contributed by atoms with Crippen LogP contribution < -0.4 is 5.32 Å². The van der Waals surface area contributed by atoms with Crippen LogP contribution in [0.1, 0.15) is 23.2 Å². The van der Waals surface area contributed by atoms with E-state index in [0.29, 0.717) is 34.5 Å². The number of nitrogens with one attached hydrogen (secondary N) is 1. The summed E-state index contributed by atoms with van der Waals surface area (Å²) < 4.78 is 5.26. The largest absolute Gasteiger partial charge is 0.463 e. The molecule has 1 aliphatic rings. The molecular weight excluding hydrogens is 320 g/mol. The highest BCUT2D eigenvalue weighted by atomic mass is 35.5. The third kappa shape index (κ3) is 3.33. The summed E-state index contributed by atoms with van der Waals surface area (Å²) in [6, 6.07) is 4.89. The van der Waals surface area contributed by atoms with Crippen LogP contribution in [0.2, 0.25) is 5.02 Å². The van der Waals surface area contributed by atoms with Gasteiger partial charge in [-0.15, -0.1) is 0 Å². The van der Waals surface area contributed by atoms with Crippen molar-refractivity contribution in [3.63, 3.8) is 0 Å². The minimum Gasteiger partial charge on any atom is -0.463 e. The van der Waals surface area contributed by atoms with Crippen molar-refractivity contribution in [2.24, 2.45) is 0 Å².